The summed E-state index contributed by atoms with van der Waals surface area (Å²) in [4.78, 5) is 60.9. The predicted molar refractivity (Wildman–Crippen MR) is 160 cm³/mol. The monoisotopic (exact) mass is 668 g/mol. The first-order valence-electron chi connectivity index (χ1n) is 13.4. The van der Waals surface area contributed by atoms with E-state index >= 15 is 0 Å². The van der Waals surface area contributed by atoms with Crippen molar-refractivity contribution in [1.82, 2.24) is 10.6 Å². The van der Waals surface area contributed by atoms with Gasteiger partial charge in [-0.25, -0.2) is 9.59 Å². The summed E-state index contributed by atoms with van der Waals surface area (Å²) in [5.74, 6) is -5.48. The molecule has 0 spiro atoms. The van der Waals surface area contributed by atoms with Gasteiger partial charge in [0, 0.05) is 24.0 Å². The molecule has 0 saturated carbocycles. The molecule has 0 aliphatic heterocycles. The highest BCUT2D eigenvalue weighted by Crippen LogP contribution is 2.47. The van der Waals surface area contributed by atoms with E-state index in [4.69, 9.17) is 9.47 Å². The fourth-order valence-corrected chi connectivity index (χ4v) is 5.76. The number of ether oxygens (including phenoxy) is 2. The predicted octanol–water partition coefficient (Wildman–Crippen LogP) is 4.70. The minimum atomic E-state index is -4.27. The van der Waals surface area contributed by atoms with E-state index in [0.717, 1.165) is 4.47 Å². The van der Waals surface area contributed by atoms with Gasteiger partial charge in [0.2, 0.25) is 19.6 Å². The van der Waals surface area contributed by atoms with E-state index < -0.39 is 66.9 Å². The maximum absolute atomic E-state index is 13.6. The van der Waals surface area contributed by atoms with E-state index in [1.54, 1.807) is 68.4 Å². The molecule has 230 valence electrons. The van der Waals surface area contributed by atoms with E-state index in [1.165, 1.54) is 20.8 Å². The number of hydrogen-bond acceptors (Lipinski definition) is 7. The average molecular weight is 670 g/mol. The number of aliphatic carboxylic acids is 1. The molecule has 13 heteroatoms. The lowest BCUT2D eigenvalue weighted by Gasteiger charge is -2.30. The SMILES string of the molecule is CC(OC(=O)NC(C)P(=O)(O)CC(Cc1ccc(Br)cc1)C(=O)NC(C)(Cc1ccccc1)C(=O)O)OC(=O)C(C)C. The van der Waals surface area contributed by atoms with Crippen LogP contribution in [0.4, 0.5) is 4.79 Å². The molecule has 0 bridgehead atoms. The van der Waals surface area contributed by atoms with Crippen molar-refractivity contribution >= 4 is 47.2 Å². The summed E-state index contributed by atoms with van der Waals surface area (Å²) in [6, 6.07) is 15.8. The number of alkyl carbamates (subject to hydrolysis) is 1. The molecule has 5 atom stereocenters. The zero-order valence-electron chi connectivity index (χ0n) is 24.2. The fourth-order valence-electron chi connectivity index (χ4n) is 3.95. The number of halogens is 1. The van der Waals surface area contributed by atoms with Crippen LogP contribution >= 0.6 is 23.3 Å². The highest BCUT2D eigenvalue weighted by Gasteiger charge is 2.40. The van der Waals surface area contributed by atoms with Crippen LogP contribution < -0.4 is 10.6 Å². The number of nitrogens with one attached hydrogen (secondary N) is 2. The van der Waals surface area contributed by atoms with Gasteiger partial charge in [0.05, 0.1) is 11.8 Å². The van der Waals surface area contributed by atoms with Gasteiger partial charge in [-0.1, -0.05) is 72.2 Å². The maximum atomic E-state index is 13.6. The van der Waals surface area contributed by atoms with Crippen molar-refractivity contribution in [2.45, 2.75) is 65.1 Å². The third kappa shape index (κ3) is 10.9. The molecule has 11 nitrogen and oxygen atoms in total. The zero-order chi connectivity index (χ0) is 31.7. The summed E-state index contributed by atoms with van der Waals surface area (Å²) in [6.45, 7) is 7.22. The normalized spacial score (nSPS) is 16.2. The Balaban J connectivity index is 2.23. The Bertz CT molecular complexity index is 1290. The van der Waals surface area contributed by atoms with Crippen LogP contribution in [-0.4, -0.2) is 57.7 Å². The van der Waals surface area contributed by atoms with Crippen molar-refractivity contribution < 1.29 is 43.2 Å². The van der Waals surface area contributed by atoms with Gasteiger partial charge >= 0.3 is 18.0 Å². The molecule has 2 rings (SSSR count). The quantitative estimate of drug-likeness (QED) is 0.127. The van der Waals surface area contributed by atoms with E-state index in [-0.39, 0.29) is 12.8 Å². The molecule has 0 aromatic heterocycles. The molecule has 5 unspecified atom stereocenters. The summed E-state index contributed by atoms with van der Waals surface area (Å²) in [6.07, 6.45) is -2.87. The Morgan fingerprint density at radius 2 is 1.55 bits per heavy atom. The van der Waals surface area contributed by atoms with Crippen molar-refractivity contribution in [1.29, 1.82) is 0 Å². The Morgan fingerprint density at radius 3 is 2.10 bits per heavy atom. The van der Waals surface area contributed by atoms with Gasteiger partial charge in [-0.3, -0.25) is 14.2 Å². The smallest absolute Gasteiger partial charge is 0.410 e. The summed E-state index contributed by atoms with van der Waals surface area (Å²) in [5, 5.41) is 14.9. The third-order valence-electron chi connectivity index (χ3n) is 6.48. The molecular weight excluding hydrogens is 631 g/mol. The molecule has 2 aromatic carbocycles. The lowest BCUT2D eigenvalue weighted by Crippen LogP contribution is -2.56. The van der Waals surface area contributed by atoms with Gasteiger partial charge in [-0.05, 0) is 43.5 Å². The van der Waals surface area contributed by atoms with Gasteiger partial charge < -0.3 is 30.1 Å². The standard InChI is InChI=1S/C29H38BrN2O9P/c1-18(2)26(34)40-20(4)41-28(37)31-19(3)42(38,39)17-23(15-21-11-13-24(30)14-12-21)25(33)32-29(5,27(35)36)16-22-9-7-6-8-10-22/h6-14,18-20,23H,15-17H2,1-5H3,(H,31,37)(H,32,33)(H,35,36)(H,38,39). The Hall–Kier alpha value is -3.21. The van der Waals surface area contributed by atoms with Crippen molar-refractivity contribution in [2.24, 2.45) is 11.8 Å². The van der Waals surface area contributed by atoms with Crippen LogP contribution in [0.15, 0.2) is 59.1 Å². The zero-order valence-corrected chi connectivity index (χ0v) is 26.7. The lowest BCUT2D eigenvalue weighted by atomic mass is 9.91. The number of carboxylic acids is 1. The number of carbonyl (C=O) groups excluding carboxylic acids is 3. The molecule has 2 aromatic rings. The number of carboxylic acid groups (broad SMARTS) is 1. The number of esters is 1. The largest absolute Gasteiger partial charge is 0.480 e. The van der Waals surface area contributed by atoms with Crippen molar-refractivity contribution in [3.05, 3.63) is 70.2 Å². The minimum absolute atomic E-state index is 0.0138. The number of carbonyl (C=O) groups is 4. The van der Waals surface area contributed by atoms with E-state index in [0.29, 0.717) is 11.1 Å². The number of benzene rings is 2. The van der Waals surface area contributed by atoms with Crippen molar-refractivity contribution in [2.75, 3.05) is 6.16 Å². The maximum Gasteiger partial charge on any atom is 0.410 e. The molecule has 0 aliphatic carbocycles. The van der Waals surface area contributed by atoms with Crippen molar-refractivity contribution in [3.8, 4) is 0 Å². The number of rotatable bonds is 14. The lowest BCUT2D eigenvalue weighted by molar-refractivity contribution is -0.168. The Kier molecular flexibility index (Phi) is 12.8. The van der Waals surface area contributed by atoms with Gasteiger partial charge in [0.15, 0.2) is 0 Å². The van der Waals surface area contributed by atoms with Gasteiger partial charge in [-0.15, -0.1) is 0 Å². The average Bonchev–Trinajstić information content (AvgIpc) is 2.89. The van der Waals surface area contributed by atoms with Gasteiger partial charge in [0.25, 0.3) is 0 Å². The van der Waals surface area contributed by atoms with Crippen LogP contribution in [-0.2, 0) is 41.3 Å². The third-order valence-corrected chi connectivity index (χ3v) is 9.31. The summed E-state index contributed by atoms with van der Waals surface area (Å²) in [5.41, 5.74) is -0.337. The molecule has 0 aliphatic rings. The molecule has 0 fully saturated rings. The minimum Gasteiger partial charge on any atom is -0.480 e. The summed E-state index contributed by atoms with van der Waals surface area (Å²) >= 11 is 3.35. The van der Waals surface area contributed by atoms with Crippen LogP contribution in [0.3, 0.4) is 0 Å². The number of hydrogen-bond donors (Lipinski definition) is 4. The molecular formula is C29H38BrN2O9P. The van der Waals surface area contributed by atoms with E-state index in [9.17, 15) is 33.7 Å². The first-order chi connectivity index (χ1) is 19.5. The van der Waals surface area contributed by atoms with Crippen LogP contribution in [0.1, 0.15) is 45.7 Å². The van der Waals surface area contributed by atoms with Gasteiger partial charge in [-0.2, -0.15) is 0 Å². The summed E-state index contributed by atoms with van der Waals surface area (Å²) in [7, 11) is -4.27. The molecule has 42 heavy (non-hydrogen) atoms. The van der Waals surface area contributed by atoms with Crippen LogP contribution in [0.25, 0.3) is 0 Å². The van der Waals surface area contributed by atoms with Crippen molar-refractivity contribution in [3.63, 3.8) is 0 Å². The first kappa shape index (κ1) is 35.0. The van der Waals surface area contributed by atoms with Crippen LogP contribution in [0.5, 0.6) is 0 Å². The second-order valence-electron chi connectivity index (χ2n) is 10.6. The van der Waals surface area contributed by atoms with Crippen LogP contribution in [0.2, 0.25) is 0 Å². The molecule has 0 heterocycles. The van der Waals surface area contributed by atoms with E-state index in [1.807, 2.05) is 0 Å². The highest BCUT2D eigenvalue weighted by molar-refractivity contribution is 9.10. The van der Waals surface area contributed by atoms with E-state index in [2.05, 4.69) is 26.6 Å². The molecule has 0 saturated heterocycles. The summed E-state index contributed by atoms with van der Waals surface area (Å²) < 4.78 is 24.2. The van der Waals surface area contributed by atoms with Gasteiger partial charge in [0.1, 0.15) is 11.3 Å². The first-order valence-corrected chi connectivity index (χ1v) is 16.1. The second-order valence-corrected chi connectivity index (χ2v) is 14.2. The Labute approximate surface area is 253 Å². The second kappa shape index (κ2) is 15.3. The number of amides is 2. The fraction of sp³-hybridized carbons (Fsp3) is 0.448. The Morgan fingerprint density at radius 1 is 0.952 bits per heavy atom. The van der Waals surface area contributed by atoms with Crippen LogP contribution in [0, 0.1) is 11.8 Å². The molecule has 4 N–H and O–H groups in total. The molecule has 2 amide bonds. The highest BCUT2D eigenvalue weighted by atomic mass is 79.9. The molecule has 0 radical (unpaired) electrons. The topological polar surface area (TPSA) is 168 Å².